The Hall–Kier alpha value is -4.20. The molecule has 0 aliphatic carbocycles. The van der Waals surface area contributed by atoms with Gasteiger partial charge >= 0.3 is 0 Å². The van der Waals surface area contributed by atoms with E-state index in [1.165, 1.54) is 4.90 Å². The predicted molar refractivity (Wildman–Crippen MR) is 180 cm³/mol. The molecule has 5 aromatic carbocycles. The standard InChI is InChI=1S/C39H37NO4S/c1-27-36(26-45-34-13-6-3-7-14-34)43-39(44-37(27)30-18-16-28(25-41)17-19-30)32-22-20-29(21-23-32)35-15-9-8-12-33(35)24-40-38(42)31-10-4-2-5-11-31/h2-23,27,36-37,39,41H,24-26H2,1H3,(H,40,42)/t27-,36+,37+,39+/m1/s1. The van der Waals surface area contributed by atoms with E-state index in [0.717, 1.165) is 39.1 Å². The van der Waals surface area contributed by atoms with Crippen LogP contribution in [0.1, 0.15) is 51.9 Å². The Morgan fingerprint density at radius 1 is 0.756 bits per heavy atom. The van der Waals surface area contributed by atoms with Crippen LogP contribution in [0, 0.1) is 5.92 Å². The van der Waals surface area contributed by atoms with E-state index in [1.807, 2.05) is 78.9 Å². The Kier molecular flexibility index (Phi) is 10.1. The van der Waals surface area contributed by atoms with E-state index in [1.54, 1.807) is 11.8 Å². The molecule has 4 atom stereocenters. The van der Waals surface area contributed by atoms with E-state index >= 15 is 0 Å². The molecule has 6 heteroatoms. The summed E-state index contributed by atoms with van der Waals surface area (Å²) in [5.41, 5.74) is 6.71. The Balaban J connectivity index is 1.21. The predicted octanol–water partition coefficient (Wildman–Crippen LogP) is 8.36. The normalized spacial score (nSPS) is 19.6. The van der Waals surface area contributed by atoms with E-state index in [0.29, 0.717) is 12.1 Å². The lowest BCUT2D eigenvalue weighted by molar-refractivity contribution is -0.268. The van der Waals surface area contributed by atoms with Gasteiger partial charge in [0, 0.05) is 34.2 Å². The molecule has 228 valence electrons. The molecule has 2 N–H and O–H groups in total. The molecule has 0 spiro atoms. The van der Waals surface area contributed by atoms with Crippen LogP contribution in [0.15, 0.2) is 138 Å². The van der Waals surface area contributed by atoms with Crippen molar-refractivity contribution in [2.24, 2.45) is 5.92 Å². The molecule has 1 aliphatic rings. The molecule has 0 aromatic heterocycles. The molecule has 0 saturated carbocycles. The maximum Gasteiger partial charge on any atom is 0.251 e. The van der Waals surface area contributed by atoms with Gasteiger partial charge in [-0.3, -0.25) is 4.79 Å². The maximum atomic E-state index is 12.7. The number of ether oxygens (including phenoxy) is 2. The number of aliphatic hydroxyl groups is 1. The highest BCUT2D eigenvalue weighted by Crippen LogP contribution is 2.43. The summed E-state index contributed by atoms with van der Waals surface area (Å²) >= 11 is 1.79. The monoisotopic (exact) mass is 615 g/mol. The summed E-state index contributed by atoms with van der Waals surface area (Å²) in [5.74, 6) is 0.827. The first-order valence-corrected chi connectivity index (χ1v) is 16.3. The van der Waals surface area contributed by atoms with Crippen molar-refractivity contribution in [1.29, 1.82) is 0 Å². The lowest BCUT2D eigenvalue weighted by Gasteiger charge is -2.41. The van der Waals surface area contributed by atoms with Crippen molar-refractivity contribution in [3.05, 3.63) is 161 Å². The van der Waals surface area contributed by atoms with Crippen LogP contribution in [-0.2, 0) is 22.6 Å². The number of hydrogen-bond acceptors (Lipinski definition) is 5. The smallest absolute Gasteiger partial charge is 0.251 e. The van der Waals surface area contributed by atoms with Crippen LogP contribution in [0.4, 0.5) is 0 Å². The zero-order chi connectivity index (χ0) is 31.0. The summed E-state index contributed by atoms with van der Waals surface area (Å²) in [6, 6.07) is 44.1. The summed E-state index contributed by atoms with van der Waals surface area (Å²) in [5, 5.41) is 12.6. The van der Waals surface area contributed by atoms with Crippen molar-refractivity contribution in [2.45, 2.75) is 43.5 Å². The molecule has 1 saturated heterocycles. The lowest BCUT2D eigenvalue weighted by atomic mass is 9.91. The van der Waals surface area contributed by atoms with E-state index in [2.05, 4.69) is 66.8 Å². The maximum absolute atomic E-state index is 12.7. The topological polar surface area (TPSA) is 67.8 Å². The second-order valence-electron chi connectivity index (χ2n) is 11.3. The Bertz CT molecular complexity index is 1680. The zero-order valence-electron chi connectivity index (χ0n) is 25.2. The fourth-order valence-corrected chi connectivity index (χ4v) is 6.74. The first-order valence-electron chi connectivity index (χ1n) is 15.3. The van der Waals surface area contributed by atoms with Crippen LogP contribution in [0.5, 0.6) is 0 Å². The van der Waals surface area contributed by atoms with E-state index in [9.17, 15) is 9.90 Å². The summed E-state index contributed by atoms with van der Waals surface area (Å²) in [6.45, 7) is 2.63. The zero-order valence-corrected chi connectivity index (χ0v) is 26.0. The number of carbonyl (C=O) groups excluding carboxylic acids is 1. The van der Waals surface area contributed by atoms with E-state index in [-0.39, 0.29) is 30.6 Å². The average Bonchev–Trinajstić information content (AvgIpc) is 3.11. The first-order chi connectivity index (χ1) is 22.1. The molecule has 0 bridgehead atoms. The molecule has 5 nitrogen and oxygen atoms in total. The summed E-state index contributed by atoms with van der Waals surface area (Å²) in [4.78, 5) is 13.9. The Morgan fingerprint density at radius 2 is 1.40 bits per heavy atom. The van der Waals surface area contributed by atoms with Crippen LogP contribution in [0.25, 0.3) is 11.1 Å². The molecule has 0 unspecified atom stereocenters. The van der Waals surface area contributed by atoms with Gasteiger partial charge in [0.25, 0.3) is 5.91 Å². The summed E-state index contributed by atoms with van der Waals surface area (Å²) in [7, 11) is 0. The molecule has 1 heterocycles. The fourth-order valence-electron chi connectivity index (χ4n) is 5.65. The second kappa shape index (κ2) is 14.7. The number of nitrogens with one attached hydrogen (secondary N) is 1. The molecule has 1 amide bonds. The van der Waals surface area contributed by atoms with Crippen molar-refractivity contribution < 1.29 is 19.4 Å². The largest absolute Gasteiger partial charge is 0.392 e. The molecule has 1 fully saturated rings. The van der Waals surface area contributed by atoms with E-state index in [4.69, 9.17) is 9.47 Å². The molecular weight excluding hydrogens is 578 g/mol. The van der Waals surface area contributed by atoms with Gasteiger partial charge in [0.05, 0.1) is 18.8 Å². The van der Waals surface area contributed by atoms with Crippen LogP contribution in [-0.4, -0.2) is 22.9 Å². The minimum atomic E-state index is -0.528. The van der Waals surface area contributed by atoms with Gasteiger partial charge in [0.2, 0.25) is 0 Å². The Morgan fingerprint density at radius 3 is 2.11 bits per heavy atom. The van der Waals surface area contributed by atoms with Gasteiger partial charge in [-0.1, -0.05) is 116 Å². The minimum Gasteiger partial charge on any atom is -0.392 e. The highest BCUT2D eigenvalue weighted by atomic mass is 32.2. The van der Waals surface area contributed by atoms with Gasteiger partial charge in [0.1, 0.15) is 0 Å². The minimum absolute atomic E-state index is 0.0122. The van der Waals surface area contributed by atoms with Crippen molar-refractivity contribution in [3.8, 4) is 11.1 Å². The molecule has 1 aliphatic heterocycles. The van der Waals surface area contributed by atoms with Gasteiger partial charge in [0.15, 0.2) is 6.29 Å². The van der Waals surface area contributed by atoms with Gasteiger partial charge in [-0.2, -0.15) is 0 Å². The van der Waals surface area contributed by atoms with Crippen LogP contribution >= 0.6 is 11.8 Å². The molecule has 5 aromatic rings. The van der Waals surface area contributed by atoms with Gasteiger partial charge in [-0.25, -0.2) is 0 Å². The van der Waals surface area contributed by atoms with Crippen LogP contribution in [0.3, 0.4) is 0 Å². The number of benzene rings is 5. The third kappa shape index (κ3) is 7.55. The van der Waals surface area contributed by atoms with Gasteiger partial charge in [-0.15, -0.1) is 11.8 Å². The number of thioether (sulfide) groups is 1. The molecular formula is C39H37NO4S. The third-order valence-electron chi connectivity index (χ3n) is 8.27. The second-order valence-corrected chi connectivity index (χ2v) is 12.4. The number of hydrogen-bond donors (Lipinski definition) is 2. The van der Waals surface area contributed by atoms with Crippen molar-refractivity contribution in [2.75, 3.05) is 5.75 Å². The van der Waals surface area contributed by atoms with Gasteiger partial charge < -0.3 is 19.9 Å². The number of rotatable bonds is 10. The van der Waals surface area contributed by atoms with Crippen molar-refractivity contribution in [3.63, 3.8) is 0 Å². The SMILES string of the molecule is C[C@@H]1[C@H](CSc2ccccc2)O[C@H](c2ccc(-c3ccccc3CNC(=O)c3ccccc3)cc2)O[C@@H]1c1ccc(CO)cc1. The van der Waals surface area contributed by atoms with Crippen molar-refractivity contribution in [1.82, 2.24) is 5.32 Å². The van der Waals surface area contributed by atoms with Crippen LogP contribution < -0.4 is 5.32 Å². The highest BCUT2D eigenvalue weighted by Gasteiger charge is 2.38. The quantitative estimate of drug-likeness (QED) is 0.155. The number of aliphatic hydroxyl groups excluding tert-OH is 1. The molecule has 45 heavy (non-hydrogen) atoms. The molecule has 6 rings (SSSR count). The average molecular weight is 616 g/mol. The third-order valence-corrected chi connectivity index (χ3v) is 9.37. The number of carbonyl (C=O) groups is 1. The lowest BCUT2D eigenvalue weighted by Crippen LogP contribution is -2.38. The summed E-state index contributed by atoms with van der Waals surface area (Å²) < 4.78 is 13.3. The van der Waals surface area contributed by atoms with Crippen molar-refractivity contribution >= 4 is 17.7 Å². The van der Waals surface area contributed by atoms with Crippen LogP contribution in [0.2, 0.25) is 0 Å². The first kappa shape index (κ1) is 30.8. The fraction of sp³-hybridized carbons (Fsp3) is 0.205. The summed E-state index contributed by atoms with van der Waals surface area (Å²) in [6.07, 6.45) is -0.726. The Labute approximate surface area is 269 Å². The highest BCUT2D eigenvalue weighted by molar-refractivity contribution is 7.99. The molecule has 0 radical (unpaired) electrons. The van der Waals surface area contributed by atoms with Gasteiger partial charge in [-0.05, 0) is 52.1 Å². The van der Waals surface area contributed by atoms with E-state index < -0.39 is 6.29 Å². The number of amides is 1.